The summed E-state index contributed by atoms with van der Waals surface area (Å²) in [6, 6.07) is 7.47. The molecule has 2 rings (SSSR count). The zero-order valence-corrected chi connectivity index (χ0v) is 16.4. The Labute approximate surface area is 157 Å². The number of ether oxygens (including phenoxy) is 3. The lowest BCUT2D eigenvalue weighted by molar-refractivity contribution is -0.148. The highest BCUT2D eigenvalue weighted by Crippen LogP contribution is 2.36. The minimum absolute atomic E-state index is 0.0254. The number of rotatable bonds is 10. The van der Waals surface area contributed by atoms with E-state index in [0.29, 0.717) is 32.3 Å². The molecule has 5 heteroatoms. The van der Waals surface area contributed by atoms with E-state index in [1.807, 2.05) is 31.2 Å². The van der Waals surface area contributed by atoms with Gasteiger partial charge < -0.3 is 19.5 Å². The zero-order chi connectivity index (χ0) is 18.8. The Morgan fingerprint density at radius 3 is 2.62 bits per heavy atom. The minimum atomic E-state index is -0.694. The van der Waals surface area contributed by atoms with Gasteiger partial charge in [0.1, 0.15) is 18.0 Å². The van der Waals surface area contributed by atoms with Crippen LogP contribution >= 0.6 is 0 Å². The van der Waals surface area contributed by atoms with E-state index in [9.17, 15) is 4.79 Å². The Morgan fingerprint density at radius 2 is 1.96 bits per heavy atom. The van der Waals surface area contributed by atoms with E-state index in [1.165, 1.54) is 0 Å². The first kappa shape index (κ1) is 20.7. The summed E-state index contributed by atoms with van der Waals surface area (Å²) in [5.74, 6) is 1.25. The van der Waals surface area contributed by atoms with Crippen LogP contribution in [0.1, 0.15) is 52.9 Å². The SMILES string of the molecule is CCCO[C@]1(C(=O)Nc2ccc(OCCOCC)cc2)CCC[C@@H](C)C1. The van der Waals surface area contributed by atoms with E-state index in [2.05, 4.69) is 19.2 Å². The monoisotopic (exact) mass is 363 g/mol. The Kier molecular flexibility index (Phi) is 8.39. The number of hydrogen-bond donors (Lipinski definition) is 1. The number of carbonyl (C=O) groups is 1. The summed E-state index contributed by atoms with van der Waals surface area (Å²) in [5, 5.41) is 3.04. The maximum absolute atomic E-state index is 13.0. The van der Waals surface area contributed by atoms with Crippen LogP contribution in [-0.4, -0.2) is 37.9 Å². The van der Waals surface area contributed by atoms with Crippen molar-refractivity contribution in [1.29, 1.82) is 0 Å². The van der Waals surface area contributed by atoms with Crippen molar-refractivity contribution in [3.8, 4) is 5.75 Å². The first-order chi connectivity index (χ1) is 12.6. The molecular formula is C21H33NO4. The second-order valence-electron chi connectivity index (χ2n) is 7.07. The third-order valence-corrected chi connectivity index (χ3v) is 4.76. The van der Waals surface area contributed by atoms with Gasteiger partial charge in [0.2, 0.25) is 0 Å². The van der Waals surface area contributed by atoms with Gasteiger partial charge in [0.15, 0.2) is 0 Å². The summed E-state index contributed by atoms with van der Waals surface area (Å²) in [4.78, 5) is 13.0. The van der Waals surface area contributed by atoms with Gasteiger partial charge in [-0.05, 0) is 62.8 Å². The van der Waals surface area contributed by atoms with Gasteiger partial charge in [-0.25, -0.2) is 0 Å². The molecule has 0 radical (unpaired) electrons. The van der Waals surface area contributed by atoms with Crippen LogP contribution in [0.15, 0.2) is 24.3 Å². The number of nitrogens with one attached hydrogen (secondary N) is 1. The summed E-state index contributed by atoms with van der Waals surface area (Å²) in [6.45, 7) is 8.63. The van der Waals surface area contributed by atoms with Crippen molar-refractivity contribution in [1.82, 2.24) is 0 Å². The molecule has 2 atom stereocenters. The Morgan fingerprint density at radius 1 is 1.19 bits per heavy atom. The van der Waals surface area contributed by atoms with E-state index in [4.69, 9.17) is 14.2 Å². The predicted molar refractivity (Wildman–Crippen MR) is 104 cm³/mol. The second kappa shape index (κ2) is 10.5. The topological polar surface area (TPSA) is 56.8 Å². The second-order valence-corrected chi connectivity index (χ2v) is 7.07. The fourth-order valence-corrected chi connectivity index (χ4v) is 3.45. The molecule has 1 saturated carbocycles. The van der Waals surface area contributed by atoms with Crippen molar-refractivity contribution >= 4 is 11.6 Å². The van der Waals surface area contributed by atoms with Crippen LogP contribution < -0.4 is 10.1 Å². The summed E-state index contributed by atoms with van der Waals surface area (Å²) < 4.78 is 16.9. The lowest BCUT2D eigenvalue weighted by Gasteiger charge is -2.38. The average molecular weight is 363 g/mol. The van der Waals surface area contributed by atoms with Gasteiger partial charge in [0.05, 0.1) is 6.61 Å². The van der Waals surface area contributed by atoms with Gasteiger partial charge in [0, 0.05) is 18.9 Å². The van der Waals surface area contributed by atoms with Gasteiger partial charge in [-0.3, -0.25) is 4.79 Å². The van der Waals surface area contributed by atoms with Crippen molar-refractivity contribution in [2.24, 2.45) is 5.92 Å². The quantitative estimate of drug-likeness (QED) is 0.625. The molecule has 1 N–H and O–H groups in total. The maximum atomic E-state index is 13.0. The third-order valence-electron chi connectivity index (χ3n) is 4.76. The number of carbonyl (C=O) groups excluding carboxylic acids is 1. The minimum Gasteiger partial charge on any atom is -0.491 e. The largest absolute Gasteiger partial charge is 0.491 e. The molecule has 146 valence electrons. The van der Waals surface area contributed by atoms with E-state index < -0.39 is 5.60 Å². The molecule has 1 aliphatic rings. The molecule has 0 saturated heterocycles. The Bertz CT molecular complexity index is 545. The predicted octanol–water partition coefficient (Wildman–Crippen LogP) is 4.42. The van der Waals surface area contributed by atoms with Crippen molar-refractivity contribution in [3.05, 3.63) is 24.3 Å². The molecule has 5 nitrogen and oxygen atoms in total. The van der Waals surface area contributed by atoms with E-state index in [1.54, 1.807) is 0 Å². The van der Waals surface area contributed by atoms with E-state index >= 15 is 0 Å². The highest BCUT2D eigenvalue weighted by Gasteiger charge is 2.42. The van der Waals surface area contributed by atoms with Crippen LogP contribution in [0.4, 0.5) is 5.69 Å². The van der Waals surface area contributed by atoms with Crippen LogP contribution in [0, 0.1) is 5.92 Å². The smallest absolute Gasteiger partial charge is 0.256 e. The molecule has 0 aromatic heterocycles. The van der Waals surface area contributed by atoms with Crippen LogP contribution in [-0.2, 0) is 14.3 Å². The summed E-state index contributed by atoms with van der Waals surface area (Å²) in [6.07, 6.45) is 4.69. The molecule has 0 spiro atoms. The van der Waals surface area contributed by atoms with Crippen LogP contribution in [0.2, 0.25) is 0 Å². The lowest BCUT2D eigenvalue weighted by atomic mass is 9.78. The van der Waals surface area contributed by atoms with Crippen LogP contribution in [0.3, 0.4) is 0 Å². The fourth-order valence-electron chi connectivity index (χ4n) is 3.45. The highest BCUT2D eigenvalue weighted by molar-refractivity contribution is 5.97. The first-order valence-corrected chi connectivity index (χ1v) is 9.85. The summed E-state index contributed by atoms with van der Waals surface area (Å²) >= 11 is 0. The fraction of sp³-hybridized carbons (Fsp3) is 0.667. The number of benzene rings is 1. The molecule has 0 bridgehead atoms. The van der Waals surface area contributed by atoms with Gasteiger partial charge in [0.25, 0.3) is 5.91 Å². The zero-order valence-electron chi connectivity index (χ0n) is 16.4. The van der Waals surface area contributed by atoms with E-state index in [0.717, 1.165) is 43.5 Å². The van der Waals surface area contributed by atoms with Crippen molar-refractivity contribution < 1.29 is 19.0 Å². The molecule has 0 heterocycles. The van der Waals surface area contributed by atoms with Crippen molar-refractivity contribution in [2.75, 3.05) is 31.7 Å². The van der Waals surface area contributed by atoms with Crippen LogP contribution in [0.25, 0.3) is 0 Å². The molecule has 1 aromatic rings. The van der Waals surface area contributed by atoms with Gasteiger partial charge >= 0.3 is 0 Å². The van der Waals surface area contributed by atoms with Crippen molar-refractivity contribution in [3.63, 3.8) is 0 Å². The lowest BCUT2D eigenvalue weighted by Crippen LogP contribution is -2.48. The molecule has 1 aromatic carbocycles. The molecule has 0 unspecified atom stereocenters. The molecular weight excluding hydrogens is 330 g/mol. The average Bonchev–Trinajstić information content (AvgIpc) is 2.65. The maximum Gasteiger partial charge on any atom is 0.256 e. The van der Waals surface area contributed by atoms with E-state index in [-0.39, 0.29) is 5.91 Å². The summed E-state index contributed by atoms with van der Waals surface area (Å²) in [5.41, 5.74) is 0.0743. The summed E-state index contributed by atoms with van der Waals surface area (Å²) in [7, 11) is 0. The molecule has 1 amide bonds. The molecule has 1 fully saturated rings. The molecule has 0 aliphatic heterocycles. The van der Waals surface area contributed by atoms with Gasteiger partial charge in [-0.1, -0.05) is 20.3 Å². The van der Waals surface area contributed by atoms with Crippen LogP contribution in [0.5, 0.6) is 5.75 Å². The number of hydrogen-bond acceptors (Lipinski definition) is 4. The Hall–Kier alpha value is -1.59. The first-order valence-electron chi connectivity index (χ1n) is 9.85. The normalized spacial score (nSPS) is 22.8. The molecule has 1 aliphatic carbocycles. The Balaban J connectivity index is 1.95. The third kappa shape index (κ3) is 5.99. The number of amides is 1. The highest BCUT2D eigenvalue weighted by atomic mass is 16.5. The molecule has 26 heavy (non-hydrogen) atoms. The van der Waals surface area contributed by atoms with Gasteiger partial charge in [-0.15, -0.1) is 0 Å². The van der Waals surface area contributed by atoms with Crippen molar-refractivity contribution in [2.45, 2.75) is 58.5 Å². The number of anilines is 1. The van der Waals surface area contributed by atoms with Gasteiger partial charge in [-0.2, -0.15) is 0 Å². The standard InChI is InChI=1S/C21H33NO4/c1-4-13-26-21(12-6-7-17(3)16-21)20(23)22-18-8-10-19(11-9-18)25-15-14-24-5-2/h8-11,17H,4-7,12-16H2,1-3H3,(H,22,23)/t17-,21-/m1/s1.